The fourth-order valence-corrected chi connectivity index (χ4v) is 2.21. The third-order valence-corrected chi connectivity index (χ3v) is 3.19. The molecule has 0 bridgehead atoms. The average Bonchev–Trinajstić information content (AvgIpc) is 2.46. The Labute approximate surface area is 120 Å². The van der Waals surface area contributed by atoms with Gasteiger partial charge in [0, 0.05) is 6.20 Å². The Bertz CT molecular complexity index is 485. The predicted molar refractivity (Wildman–Crippen MR) is 68.1 cm³/mol. The van der Waals surface area contributed by atoms with Gasteiger partial charge >= 0.3 is 12.1 Å². The molecule has 1 aliphatic carbocycles. The first-order valence-electron chi connectivity index (χ1n) is 6.81. The van der Waals surface area contributed by atoms with Crippen LogP contribution in [0.15, 0.2) is 18.3 Å². The summed E-state index contributed by atoms with van der Waals surface area (Å²) in [6, 6.07) is 2.81. The van der Waals surface area contributed by atoms with Crippen LogP contribution in [0.25, 0.3) is 0 Å². The molecule has 0 amide bonds. The molecule has 0 saturated heterocycles. The summed E-state index contributed by atoms with van der Waals surface area (Å²) in [5, 5.41) is 0. The topological polar surface area (TPSA) is 48.4 Å². The van der Waals surface area contributed by atoms with Crippen molar-refractivity contribution in [3.8, 4) is 5.88 Å². The van der Waals surface area contributed by atoms with Gasteiger partial charge in [-0.3, -0.25) is 0 Å². The smallest absolute Gasteiger partial charge is 0.422 e. The maximum Gasteiger partial charge on any atom is 0.422 e. The van der Waals surface area contributed by atoms with Crippen molar-refractivity contribution >= 4 is 5.97 Å². The molecule has 4 nitrogen and oxygen atoms in total. The van der Waals surface area contributed by atoms with Crippen molar-refractivity contribution in [2.24, 2.45) is 0 Å². The summed E-state index contributed by atoms with van der Waals surface area (Å²) < 4.78 is 46.4. The molecule has 0 aliphatic heterocycles. The van der Waals surface area contributed by atoms with Gasteiger partial charge in [0.15, 0.2) is 6.61 Å². The average molecular weight is 303 g/mol. The van der Waals surface area contributed by atoms with Crippen molar-refractivity contribution in [2.75, 3.05) is 6.61 Å². The molecular weight excluding hydrogens is 287 g/mol. The van der Waals surface area contributed by atoms with E-state index in [1.165, 1.54) is 18.3 Å². The fraction of sp³-hybridized carbons (Fsp3) is 0.571. The molecule has 0 spiro atoms. The van der Waals surface area contributed by atoms with Gasteiger partial charge in [0.2, 0.25) is 5.88 Å². The van der Waals surface area contributed by atoms with E-state index in [4.69, 9.17) is 4.74 Å². The lowest BCUT2D eigenvalue weighted by molar-refractivity contribution is -0.154. The lowest BCUT2D eigenvalue weighted by Crippen LogP contribution is -2.23. The van der Waals surface area contributed by atoms with Crippen LogP contribution in [0.1, 0.15) is 42.5 Å². The molecule has 1 aromatic rings. The Hall–Kier alpha value is -1.79. The number of hydrogen-bond donors (Lipinski definition) is 0. The molecule has 116 valence electrons. The zero-order chi connectivity index (χ0) is 15.3. The fourth-order valence-electron chi connectivity index (χ4n) is 2.21. The molecule has 1 aromatic heterocycles. The van der Waals surface area contributed by atoms with E-state index in [1.807, 2.05) is 0 Å². The first-order chi connectivity index (χ1) is 9.96. The molecular formula is C14H16F3NO3. The second kappa shape index (κ2) is 6.78. The SMILES string of the molecule is O=C(OC1CCCCC1)c1cccnc1OCC(F)(F)F. The number of pyridine rings is 1. The van der Waals surface area contributed by atoms with Crippen LogP contribution < -0.4 is 4.74 Å². The summed E-state index contributed by atoms with van der Waals surface area (Å²) in [5.41, 5.74) is -0.0766. The lowest BCUT2D eigenvalue weighted by Gasteiger charge is -2.22. The molecule has 2 rings (SSSR count). The Morgan fingerprint density at radius 3 is 2.67 bits per heavy atom. The highest BCUT2D eigenvalue weighted by Crippen LogP contribution is 2.24. The second-order valence-corrected chi connectivity index (χ2v) is 4.93. The van der Waals surface area contributed by atoms with Gasteiger partial charge in [-0.05, 0) is 37.8 Å². The number of aromatic nitrogens is 1. The normalized spacial score (nSPS) is 16.5. The van der Waals surface area contributed by atoms with E-state index in [0.29, 0.717) is 0 Å². The Kier molecular flexibility index (Phi) is 5.03. The number of nitrogens with zero attached hydrogens (tertiary/aromatic N) is 1. The number of hydrogen-bond acceptors (Lipinski definition) is 4. The number of ether oxygens (including phenoxy) is 2. The van der Waals surface area contributed by atoms with Crippen molar-refractivity contribution in [3.63, 3.8) is 0 Å². The molecule has 21 heavy (non-hydrogen) atoms. The maximum atomic E-state index is 12.2. The van der Waals surface area contributed by atoms with E-state index in [0.717, 1.165) is 32.1 Å². The number of alkyl halides is 3. The summed E-state index contributed by atoms with van der Waals surface area (Å²) in [5.74, 6) is -1.04. The number of esters is 1. The summed E-state index contributed by atoms with van der Waals surface area (Å²) in [6.07, 6.45) is 1.26. The maximum absolute atomic E-state index is 12.2. The third-order valence-electron chi connectivity index (χ3n) is 3.19. The molecule has 1 fully saturated rings. The zero-order valence-electron chi connectivity index (χ0n) is 11.4. The van der Waals surface area contributed by atoms with Crippen LogP contribution in [0.2, 0.25) is 0 Å². The number of rotatable bonds is 4. The van der Waals surface area contributed by atoms with Gasteiger partial charge in [-0.15, -0.1) is 0 Å². The van der Waals surface area contributed by atoms with Gasteiger partial charge in [0.25, 0.3) is 0 Å². The number of halogens is 3. The zero-order valence-corrected chi connectivity index (χ0v) is 11.4. The van der Waals surface area contributed by atoms with E-state index in [-0.39, 0.29) is 17.5 Å². The van der Waals surface area contributed by atoms with E-state index >= 15 is 0 Å². The summed E-state index contributed by atoms with van der Waals surface area (Å²) >= 11 is 0. The van der Waals surface area contributed by atoms with Crippen LogP contribution in [0.4, 0.5) is 13.2 Å². The molecule has 1 aliphatic rings. The van der Waals surface area contributed by atoms with Crippen molar-refractivity contribution in [1.82, 2.24) is 4.98 Å². The Morgan fingerprint density at radius 1 is 1.29 bits per heavy atom. The first-order valence-corrected chi connectivity index (χ1v) is 6.81. The van der Waals surface area contributed by atoms with Gasteiger partial charge in [-0.2, -0.15) is 13.2 Å². The first kappa shape index (κ1) is 15.6. The molecule has 7 heteroatoms. The quantitative estimate of drug-likeness (QED) is 0.799. The van der Waals surface area contributed by atoms with Crippen LogP contribution >= 0.6 is 0 Å². The molecule has 0 N–H and O–H groups in total. The number of carbonyl (C=O) groups excluding carboxylic acids is 1. The van der Waals surface area contributed by atoms with E-state index < -0.39 is 18.8 Å². The molecule has 0 radical (unpaired) electrons. The second-order valence-electron chi connectivity index (χ2n) is 4.93. The molecule has 0 atom stereocenters. The largest absolute Gasteiger partial charge is 0.467 e. The van der Waals surface area contributed by atoms with E-state index in [1.54, 1.807) is 0 Å². The minimum atomic E-state index is -4.48. The standard InChI is InChI=1S/C14H16F3NO3/c15-14(16,17)9-20-12-11(7-4-8-18-12)13(19)21-10-5-2-1-3-6-10/h4,7-8,10H,1-3,5-6,9H2. The van der Waals surface area contributed by atoms with Gasteiger partial charge < -0.3 is 9.47 Å². The van der Waals surface area contributed by atoms with Crippen molar-refractivity contribution < 1.29 is 27.4 Å². The van der Waals surface area contributed by atoms with Gasteiger partial charge in [0.1, 0.15) is 11.7 Å². The van der Waals surface area contributed by atoms with Crippen LogP contribution in [0, 0.1) is 0 Å². The van der Waals surface area contributed by atoms with Crippen LogP contribution in [-0.4, -0.2) is 29.8 Å². The minimum absolute atomic E-state index is 0.0766. The van der Waals surface area contributed by atoms with Crippen LogP contribution in [0.3, 0.4) is 0 Å². The highest BCUT2D eigenvalue weighted by molar-refractivity contribution is 5.91. The van der Waals surface area contributed by atoms with Crippen molar-refractivity contribution in [3.05, 3.63) is 23.9 Å². The summed E-state index contributed by atoms with van der Waals surface area (Å²) in [6.45, 7) is -1.49. The van der Waals surface area contributed by atoms with Crippen molar-refractivity contribution in [2.45, 2.75) is 44.4 Å². The Balaban J connectivity index is 2.02. The summed E-state index contributed by atoms with van der Waals surface area (Å²) in [4.78, 5) is 15.7. The van der Waals surface area contributed by atoms with E-state index in [2.05, 4.69) is 9.72 Å². The highest BCUT2D eigenvalue weighted by atomic mass is 19.4. The third kappa shape index (κ3) is 4.91. The molecule has 1 saturated carbocycles. The van der Waals surface area contributed by atoms with Gasteiger partial charge in [0.05, 0.1) is 0 Å². The van der Waals surface area contributed by atoms with Gasteiger partial charge in [-0.1, -0.05) is 6.42 Å². The van der Waals surface area contributed by atoms with Crippen molar-refractivity contribution in [1.29, 1.82) is 0 Å². The predicted octanol–water partition coefficient (Wildman–Crippen LogP) is 3.51. The van der Waals surface area contributed by atoms with Crippen LogP contribution in [-0.2, 0) is 4.74 Å². The monoisotopic (exact) mass is 303 g/mol. The van der Waals surface area contributed by atoms with Gasteiger partial charge in [-0.25, -0.2) is 9.78 Å². The van der Waals surface area contributed by atoms with E-state index in [9.17, 15) is 18.0 Å². The molecule has 0 unspecified atom stereocenters. The Morgan fingerprint density at radius 2 is 2.00 bits per heavy atom. The number of carbonyl (C=O) groups is 1. The molecule has 0 aromatic carbocycles. The minimum Gasteiger partial charge on any atom is -0.467 e. The van der Waals surface area contributed by atoms with Crippen LogP contribution in [0.5, 0.6) is 5.88 Å². The summed E-state index contributed by atoms with van der Waals surface area (Å²) in [7, 11) is 0. The molecule has 1 heterocycles. The highest BCUT2D eigenvalue weighted by Gasteiger charge is 2.30. The lowest BCUT2D eigenvalue weighted by atomic mass is 9.98.